The Bertz CT molecular complexity index is 1550. The molecule has 2 aliphatic rings. The number of thiazole rings is 2. The number of nitrogens with one attached hydrogen (secondary N) is 2. The van der Waals surface area contributed by atoms with E-state index in [9.17, 15) is 9.59 Å². The summed E-state index contributed by atoms with van der Waals surface area (Å²) in [5.74, 6) is -0.000298. The maximum absolute atomic E-state index is 11.6. The molecule has 0 fully saturated rings. The predicted octanol–water partition coefficient (Wildman–Crippen LogP) is 7.60. The number of aromatic nitrogens is 2. The second kappa shape index (κ2) is 14.8. The third-order valence-electron chi connectivity index (χ3n) is 5.69. The van der Waals surface area contributed by atoms with Crippen molar-refractivity contribution >= 4 is 44.5 Å². The quantitative estimate of drug-likeness (QED) is 0.171. The van der Waals surface area contributed by atoms with Gasteiger partial charge >= 0.3 is 0 Å². The zero-order valence-electron chi connectivity index (χ0n) is 21.5. The molecule has 6 rings (SSSR count). The minimum absolute atomic E-state index is 0. The summed E-state index contributed by atoms with van der Waals surface area (Å²) >= 11 is 3.03. The maximum Gasteiger partial charge on any atom is 0.187 e. The molecule has 2 aliphatic carbocycles. The first-order valence-electron chi connectivity index (χ1n) is 12.4. The van der Waals surface area contributed by atoms with Crippen LogP contribution in [0.1, 0.15) is 0 Å². The Morgan fingerprint density at radius 2 is 0.951 bits per heavy atom. The number of nitrogens with zero attached hydrogens (tertiary/aromatic N) is 2. The van der Waals surface area contributed by atoms with Gasteiger partial charge in [0.25, 0.3) is 0 Å². The van der Waals surface area contributed by atoms with Gasteiger partial charge in [0.2, 0.25) is 0 Å². The third-order valence-corrected chi connectivity index (χ3v) is 7.23. The Labute approximate surface area is 256 Å². The van der Waals surface area contributed by atoms with Crippen molar-refractivity contribution in [3.05, 3.63) is 144 Å². The van der Waals surface area contributed by atoms with E-state index in [0.29, 0.717) is 11.1 Å². The molecule has 6 nitrogen and oxygen atoms in total. The molecular formula is C32H24N4NiO2S2. The topological polar surface area (TPSA) is 84.0 Å². The number of carbonyl (C=O) groups excluding carboxylic acids is 2. The van der Waals surface area contributed by atoms with Crippen LogP contribution in [0.4, 0.5) is 10.3 Å². The summed E-state index contributed by atoms with van der Waals surface area (Å²) in [6, 6.07) is 20.0. The van der Waals surface area contributed by atoms with Gasteiger partial charge in [-0.3, -0.25) is 9.59 Å². The Morgan fingerprint density at radius 3 is 1.34 bits per heavy atom. The molecule has 9 heteroatoms. The van der Waals surface area contributed by atoms with Crippen LogP contribution in [0.2, 0.25) is 0 Å². The molecular weight excluding hydrogens is 595 g/mol. The molecule has 0 saturated heterocycles. The monoisotopic (exact) mass is 618 g/mol. The number of anilines is 2. The Balaban J connectivity index is 0.000000184. The number of hydrogen-bond donors (Lipinski definition) is 2. The molecule has 2 aromatic carbocycles. The van der Waals surface area contributed by atoms with Crippen LogP contribution < -0.4 is 10.6 Å². The normalized spacial score (nSPS) is 15.4. The summed E-state index contributed by atoms with van der Waals surface area (Å²) in [6.45, 7) is 0. The summed E-state index contributed by atoms with van der Waals surface area (Å²) in [5.41, 5.74) is 5.29. The molecule has 4 aromatic rings. The molecule has 0 atom stereocenters. The number of carbonyl (C=O) groups is 2. The number of hydrogen-bond acceptors (Lipinski definition) is 8. The molecule has 2 N–H and O–H groups in total. The van der Waals surface area contributed by atoms with Crippen LogP contribution in [-0.4, -0.2) is 21.5 Å². The van der Waals surface area contributed by atoms with Crippen LogP contribution in [0.15, 0.2) is 144 Å². The van der Waals surface area contributed by atoms with E-state index < -0.39 is 0 Å². The second-order valence-corrected chi connectivity index (χ2v) is 10.2. The average molecular weight is 619 g/mol. The van der Waals surface area contributed by atoms with Crippen LogP contribution in [0, 0.1) is 0 Å². The van der Waals surface area contributed by atoms with Crippen molar-refractivity contribution in [1.82, 2.24) is 9.97 Å². The molecule has 0 saturated carbocycles. The van der Waals surface area contributed by atoms with Gasteiger partial charge in [-0.15, -0.1) is 22.7 Å². The van der Waals surface area contributed by atoms with Crippen LogP contribution in [-0.2, 0) is 26.1 Å². The minimum Gasteiger partial charge on any atom is -0.337 e. The second-order valence-electron chi connectivity index (χ2n) is 8.46. The fourth-order valence-electron chi connectivity index (χ4n) is 3.64. The fourth-order valence-corrected chi connectivity index (χ4v) is 5.02. The van der Waals surface area contributed by atoms with E-state index in [0.717, 1.165) is 32.8 Å². The number of ketones is 2. The summed E-state index contributed by atoms with van der Waals surface area (Å²) in [5, 5.41) is 11.7. The Morgan fingerprint density at radius 1 is 0.561 bits per heavy atom. The van der Waals surface area contributed by atoms with Gasteiger partial charge in [0.1, 0.15) is 0 Å². The van der Waals surface area contributed by atoms with Gasteiger partial charge in [-0.1, -0.05) is 85.0 Å². The first kappa shape index (κ1) is 29.6. The molecule has 0 bridgehead atoms. The SMILES string of the molecule is O=C1C=CC=CC1=CNc1nc(-c2ccccc2)cs1.O=C1C=CC=CC1=CNc1nc(-c2ccccc2)cs1.[Ni]. The summed E-state index contributed by atoms with van der Waals surface area (Å²) in [6.07, 6.45) is 17.2. The standard InChI is InChI=1S/2C16H12N2OS.Ni/c2*19-15-9-5-4-8-13(15)10-17-16-18-14(11-20-16)12-6-2-1-3-7-12;/h2*1-11H,(H,17,18);. The van der Waals surface area contributed by atoms with Crippen molar-refractivity contribution < 1.29 is 26.1 Å². The fraction of sp³-hybridized carbons (Fsp3) is 0. The van der Waals surface area contributed by atoms with Gasteiger partial charge in [0.05, 0.1) is 11.4 Å². The van der Waals surface area contributed by atoms with Gasteiger partial charge in [0, 0.05) is 61.9 Å². The van der Waals surface area contributed by atoms with E-state index in [1.807, 2.05) is 83.6 Å². The summed E-state index contributed by atoms with van der Waals surface area (Å²) < 4.78 is 0. The molecule has 0 spiro atoms. The van der Waals surface area contributed by atoms with Crippen molar-refractivity contribution in [2.75, 3.05) is 10.6 Å². The van der Waals surface area contributed by atoms with E-state index in [4.69, 9.17) is 0 Å². The van der Waals surface area contributed by atoms with E-state index >= 15 is 0 Å². The molecule has 0 unspecified atom stereocenters. The molecule has 206 valence electrons. The first-order valence-corrected chi connectivity index (χ1v) is 14.1. The summed E-state index contributed by atoms with van der Waals surface area (Å²) in [4.78, 5) is 32.2. The first-order chi connectivity index (χ1) is 19.7. The van der Waals surface area contributed by atoms with Crippen molar-refractivity contribution in [2.45, 2.75) is 0 Å². The van der Waals surface area contributed by atoms with Crippen LogP contribution in [0.3, 0.4) is 0 Å². The number of benzene rings is 2. The molecule has 2 heterocycles. The maximum atomic E-state index is 11.6. The third kappa shape index (κ3) is 8.28. The zero-order chi connectivity index (χ0) is 27.6. The number of rotatable bonds is 6. The minimum atomic E-state index is -0.000149. The smallest absolute Gasteiger partial charge is 0.187 e. The van der Waals surface area contributed by atoms with Gasteiger partial charge in [-0.2, -0.15) is 0 Å². The zero-order valence-corrected chi connectivity index (χ0v) is 24.2. The average Bonchev–Trinajstić information content (AvgIpc) is 3.68. The van der Waals surface area contributed by atoms with Crippen molar-refractivity contribution in [3.8, 4) is 22.5 Å². The van der Waals surface area contributed by atoms with Crippen molar-refractivity contribution in [2.24, 2.45) is 0 Å². The molecule has 0 aliphatic heterocycles. The summed E-state index contributed by atoms with van der Waals surface area (Å²) in [7, 11) is 0. The van der Waals surface area contributed by atoms with Crippen LogP contribution >= 0.6 is 22.7 Å². The Hall–Kier alpha value is -4.43. The van der Waals surface area contributed by atoms with Gasteiger partial charge in [0.15, 0.2) is 21.8 Å². The van der Waals surface area contributed by atoms with Crippen molar-refractivity contribution in [3.63, 3.8) is 0 Å². The Kier molecular flexibility index (Phi) is 10.7. The van der Waals surface area contributed by atoms with Gasteiger partial charge < -0.3 is 10.6 Å². The van der Waals surface area contributed by atoms with Gasteiger partial charge in [-0.05, 0) is 24.3 Å². The van der Waals surface area contributed by atoms with E-state index in [2.05, 4.69) is 20.6 Å². The molecule has 41 heavy (non-hydrogen) atoms. The van der Waals surface area contributed by atoms with E-state index in [1.54, 1.807) is 48.9 Å². The van der Waals surface area contributed by atoms with Crippen molar-refractivity contribution in [1.29, 1.82) is 0 Å². The largest absolute Gasteiger partial charge is 0.337 e. The van der Waals surface area contributed by atoms with E-state index in [1.165, 1.54) is 22.7 Å². The molecule has 0 amide bonds. The predicted molar refractivity (Wildman–Crippen MR) is 165 cm³/mol. The van der Waals surface area contributed by atoms with E-state index in [-0.39, 0.29) is 28.1 Å². The molecule has 2 aromatic heterocycles. The molecule has 0 radical (unpaired) electrons. The van der Waals surface area contributed by atoms with Crippen LogP contribution in [0.5, 0.6) is 0 Å². The number of allylic oxidation sites excluding steroid dienone is 10. The van der Waals surface area contributed by atoms with Gasteiger partial charge in [-0.25, -0.2) is 9.97 Å². The van der Waals surface area contributed by atoms with Crippen LogP contribution in [0.25, 0.3) is 22.5 Å².